The summed E-state index contributed by atoms with van der Waals surface area (Å²) in [6.45, 7) is -1.51. The van der Waals surface area contributed by atoms with E-state index in [1.165, 1.54) is 0 Å². The molecule has 0 saturated carbocycles. The van der Waals surface area contributed by atoms with E-state index in [1.807, 2.05) is 0 Å². The largest absolute Gasteiger partial charge is 0.386 e. The average Bonchev–Trinajstić information content (AvgIpc) is 1.61. The van der Waals surface area contributed by atoms with Crippen LogP contribution >= 0.6 is 0 Å². The number of halogens is 5. The molecule has 0 aromatic rings. The lowest BCUT2D eigenvalue weighted by Gasteiger charge is -1.88. The maximum absolute atomic E-state index is 10.4. The van der Waals surface area contributed by atoms with Crippen LogP contribution in [0.1, 0.15) is 6.92 Å². The molecule has 0 atom stereocenters. The van der Waals surface area contributed by atoms with E-state index in [0.29, 0.717) is 0 Å². The van der Waals surface area contributed by atoms with Crippen LogP contribution in [0.25, 0.3) is 0 Å². The summed E-state index contributed by atoms with van der Waals surface area (Å²) in [5, 5.41) is 0. The van der Waals surface area contributed by atoms with Crippen LogP contribution in [0.4, 0.5) is 22.0 Å². The quantitative estimate of drug-likeness (QED) is 0.504. The normalized spacial score (nSPS) is 10.0. The van der Waals surface area contributed by atoms with Gasteiger partial charge in [-0.2, -0.15) is 13.2 Å². The van der Waals surface area contributed by atoms with Crippen LogP contribution in [-0.4, -0.2) is 19.5 Å². The van der Waals surface area contributed by atoms with Crippen molar-refractivity contribution in [2.45, 2.75) is 13.1 Å². The summed E-state index contributed by atoms with van der Waals surface area (Å²) in [4.78, 5) is 0. The Morgan fingerprint density at radius 1 is 1.00 bits per heavy atom. The smallest absolute Gasteiger partial charge is 0.248 e. The highest BCUT2D eigenvalue weighted by Gasteiger charge is 2.15. The Labute approximate surface area is 49.7 Å². The van der Waals surface area contributed by atoms with Crippen molar-refractivity contribution in [2.24, 2.45) is 0 Å². The lowest BCUT2D eigenvalue weighted by atomic mass is 10.8. The van der Waals surface area contributed by atoms with Crippen LogP contribution in [-0.2, 0) is 0 Å². The Hall–Kier alpha value is -0.350. The van der Waals surface area contributed by atoms with Crippen molar-refractivity contribution in [1.82, 2.24) is 0 Å². The van der Waals surface area contributed by atoms with Crippen LogP contribution < -0.4 is 0 Å². The van der Waals surface area contributed by atoms with Crippen LogP contribution in [0.3, 0.4) is 0 Å². The van der Waals surface area contributed by atoms with Crippen LogP contribution in [0.5, 0.6) is 0 Å². The van der Waals surface area contributed by atoms with E-state index in [9.17, 15) is 22.0 Å². The summed E-state index contributed by atoms with van der Waals surface area (Å²) in [5.41, 5.74) is 0. The first-order chi connectivity index (χ1) is 3.91. The molecule has 5 heteroatoms. The van der Waals surface area contributed by atoms with Crippen molar-refractivity contribution in [1.29, 1.82) is 0 Å². The van der Waals surface area contributed by atoms with Gasteiger partial charge in [0.2, 0.25) is 0 Å². The number of hydrogen-bond donors (Lipinski definition) is 0. The number of hydrogen-bond acceptors (Lipinski definition) is 0. The molecule has 0 saturated heterocycles. The minimum Gasteiger partial charge on any atom is -0.248 e. The summed E-state index contributed by atoms with van der Waals surface area (Å²) in [6.07, 6.45) is -4.00. The fourth-order valence-electron chi connectivity index (χ4n) is 0. The predicted octanol–water partition coefficient (Wildman–Crippen LogP) is 2.49. The minimum atomic E-state index is -4.00. The van der Waals surface area contributed by atoms with Crippen molar-refractivity contribution >= 4 is 0 Å². The van der Waals surface area contributed by atoms with Gasteiger partial charge in [0.15, 0.2) is 0 Å². The lowest BCUT2D eigenvalue weighted by molar-refractivity contribution is -0.110. The van der Waals surface area contributed by atoms with Crippen molar-refractivity contribution < 1.29 is 22.0 Å². The Morgan fingerprint density at radius 2 is 1.11 bits per heavy atom. The summed E-state index contributed by atoms with van der Waals surface area (Å²) in [7, 11) is 0. The number of rotatable bonds is 1. The molecule has 0 spiro atoms. The van der Waals surface area contributed by atoms with Gasteiger partial charge in [0.1, 0.15) is 13.3 Å². The fraction of sp³-hybridized carbons (Fsp3) is 1.00. The molecule has 0 aliphatic heterocycles. The number of alkyl halides is 5. The first-order valence-corrected chi connectivity index (χ1v) is 2.10. The Bertz CT molecular complexity index is 39.4. The Kier molecular flexibility index (Phi) is 7.35. The first kappa shape index (κ1) is 11.4. The van der Waals surface area contributed by atoms with Gasteiger partial charge in [0.25, 0.3) is 0 Å². The lowest BCUT2D eigenvalue weighted by Crippen LogP contribution is -1.95. The molecule has 0 rings (SSSR count). The highest BCUT2D eigenvalue weighted by atomic mass is 19.4. The van der Waals surface area contributed by atoms with Gasteiger partial charge in [0, 0.05) is 6.92 Å². The molecule has 0 bridgehead atoms. The third kappa shape index (κ3) is 578. The van der Waals surface area contributed by atoms with Gasteiger partial charge in [-0.1, -0.05) is 0 Å². The fourth-order valence-corrected chi connectivity index (χ4v) is 0. The van der Waals surface area contributed by atoms with Gasteiger partial charge in [0.05, 0.1) is 0 Å². The Balaban J connectivity index is 0. The summed E-state index contributed by atoms with van der Waals surface area (Å²) < 4.78 is 51.8. The van der Waals surface area contributed by atoms with Crippen LogP contribution in [0.2, 0.25) is 0 Å². The zero-order valence-corrected chi connectivity index (χ0v) is 4.80. The average molecular weight is 150 g/mol. The first-order valence-electron chi connectivity index (χ1n) is 2.10. The van der Waals surface area contributed by atoms with Crippen molar-refractivity contribution in [3.63, 3.8) is 0 Å². The molecule has 0 aromatic heterocycles. The van der Waals surface area contributed by atoms with Crippen LogP contribution in [0.15, 0.2) is 0 Å². The van der Waals surface area contributed by atoms with Crippen molar-refractivity contribution in [3.8, 4) is 0 Å². The van der Waals surface area contributed by atoms with Gasteiger partial charge in [-0.25, -0.2) is 8.78 Å². The van der Waals surface area contributed by atoms with Gasteiger partial charge in [-0.05, 0) is 0 Å². The molecule has 0 radical (unpaired) electrons. The second kappa shape index (κ2) is 5.78. The molecular weight excluding hydrogens is 143 g/mol. The SMILES string of the molecule is CC(F)(F)F.FCCF. The molecule has 0 fully saturated rings. The van der Waals surface area contributed by atoms with E-state index in [0.717, 1.165) is 0 Å². The maximum atomic E-state index is 10.4. The third-order valence-corrected chi connectivity index (χ3v) is 0.0714. The molecule has 0 amide bonds. The van der Waals surface area contributed by atoms with E-state index < -0.39 is 19.5 Å². The molecule has 0 aliphatic carbocycles. The Morgan fingerprint density at radius 3 is 1.11 bits per heavy atom. The van der Waals surface area contributed by atoms with E-state index in [4.69, 9.17) is 0 Å². The van der Waals surface area contributed by atoms with Crippen LogP contribution in [0, 0.1) is 0 Å². The van der Waals surface area contributed by atoms with Crippen molar-refractivity contribution in [2.75, 3.05) is 13.3 Å². The monoisotopic (exact) mass is 150 g/mol. The van der Waals surface area contributed by atoms with Gasteiger partial charge in [-0.15, -0.1) is 0 Å². The van der Waals surface area contributed by atoms with E-state index in [-0.39, 0.29) is 6.92 Å². The standard InChI is InChI=1S/C2H3F3.C2H4F2/c1-2(3,4)5;3-1-2-4/h1H3;1-2H2. The van der Waals surface area contributed by atoms with Gasteiger partial charge < -0.3 is 0 Å². The topological polar surface area (TPSA) is 0 Å². The summed E-state index contributed by atoms with van der Waals surface area (Å²) in [5.74, 6) is 0. The van der Waals surface area contributed by atoms with E-state index >= 15 is 0 Å². The van der Waals surface area contributed by atoms with E-state index in [2.05, 4.69) is 0 Å². The highest BCUT2D eigenvalue weighted by molar-refractivity contribution is 4.26. The molecule has 0 aliphatic rings. The highest BCUT2D eigenvalue weighted by Crippen LogP contribution is 2.10. The predicted molar refractivity (Wildman–Crippen MR) is 23.7 cm³/mol. The zero-order chi connectivity index (χ0) is 7.91. The van der Waals surface area contributed by atoms with E-state index in [1.54, 1.807) is 0 Å². The zero-order valence-electron chi connectivity index (χ0n) is 4.80. The third-order valence-electron chi connectivity index (χ3n) is 0.0714. The molecule has 0 heterocycles. The molecule has 0 unspecified atom stereocenters. The van der Waals surface area contributed by atoms with Gasteiger partial charge in [-0.3, -0.25) is 0 Å². The summed E-state index contributed by atoms with van der Waals surface area (Å²) in [6, 6.07) is 0. The second-order valence-electron chi connectivity index (χ2n) is 1.16. The van der Waals surface area contributed by atoms with Crippen molar-refractivity contribution in [3.05, 3.63) is 0 Å². The molecule has 0 N–H and O–H groups in total. The second-order valence-corrected chi connectivity index (χ2v) is 1.16. The molecule has 58 valence electrons. The maximum Gasteiger partial charge on any atom is 0.386 e. The minimum absolute atomic E-state index is 0.188. The van der Waals surface area contributed by atoms with Gasteiger partial charge >= 0.3 is 6.18 Å². The molecular formula is C4H7F5. The molecule has 0 nitrogen and oxygen atoms in total. The summed E-state index contributed by atoms with van der Waals surface area (Å²) >= 11 is 0. The molecule has 9 heavy (non-hydrogen) atoms. The molecule has 0 aromatic carbocycles.